The number of halogens is 1. The number of fused-ring (bicyclic) bond motifs is 1. The first-order chi connectivity index (χ1) is 11.7. The van der Waals surface area contributed by atoms with Crippen LogP contribution in [0.5, 0.6) is 0 Å². The Morgan fingerprint density at radius 1 is 1.38 bits per heavy atom. The van der Waals surface area contributed by atoms with Crippen molar-refractivity contribution in [1.29, 1.82) is 0 Å². The van der Waals surface area contributed by atoms with Gasteiger partial charge in [0.05, 0.1) is 6.54 Å². The minimum Gasteiger partial charge on any atom is -0.349 e. The van der Waals surface area contributed by atoms with Gasteiger partial charge in [-0.2, -0.15) is 0 Å². The second-order valence-corrected chi connectivity index (χ2v) is 6.46. The summed E-state index contributed by atoms with van der Waals surface area (Å²) in [4.78, 5) is 6.43. The average molecular weight is 347 g/mol. The Morgan fingerprint density at radius 3 is 3.04 bits per heavy atom. The number of nitrogens with zero attached hydrogens (tertiary/aromatic N) is 5. The summed E-state index contributed by atoms with van der Waals surface area (Å²) in [6.07, 6.45) is 3.42. The Bertz CT molecular complexity index is 724. The van der Waals surface area contributed by atoms with E-state index in [1.165, 1.54) is 12.8 Å². The topological polar surface area (TPSA) is 58.3 Å². The Hall–Kier alpha value is -2.08. The molecule has 0 amide bonds. The predicted octanol–water partition coefficient (Wildman–Crippen LogP) is 2.48. The molecule has 6 nitrogen and oxygen atoms in total. The molecule has 2 aromatic rings. The molecule has 0 bridgehead atoms. The molecule has 0 spiro atoms. The monoisotopic (exact) mass is 346 g/mol. The standard InChI is InChI=1S/C17H23ClN6/c1-19-17(23(2)12-13-6-5-7-14(18)10-13)20-11-16-22-21-15-8-3-4-9-24(15)16/h5-7,10H,3-4,8-9,11-12H2,1-2H3,(H,19,20). The molecule has 1 aromatic carbocycles. The molecule has 0 fully saturated rings. The van der Waals surface area contributed by atoms with Gasteiger partial charge in [0.15, 0.2) is 11.8 Å². The highest BCUT2D eigenvalue weighted by atomic mass is 35.5. The number of guanidine groups is 1. The molecule has 24 heavy (non-hydrogen) atoms. The van der Waals surface area contributed by atoms with E-state index in [9.17, 15) is 0 Å². The molecule has 0 atom stereocenters. The van der Waals surface area contributed by atoms with E-state index in [-0.39, 0.29) is 0 Å². The highest BCUT2D eigenvalue weighted by Gasteiger charge is 2.16. The second-order valence-electron chi connectivity index (χ2n) is 6.03. The third kappa shape index (κ3) is 3.87. The SMILES string of the molecule is CN=C(NCc1nnc2n1CCCC2)N(C)Cc1cccc(Cl)c1. The van der Waals surface area contributed by atoms with Crippen LogP contribution < -0.4 is 5.32 Å². The van der Waals surface area contributed by atoms with Crippen molar-refractivity contribution in [3.8, 4) is 0 Å². The maximum Gasteiger partial charge on any atom is 0.194 e. The maximum absolute atomic E-state index is 6.06. The quantitative estimate of drug-likeness (QED) is 0.682. The van der Waals surface area contributed by atoms with Crippen molar-refractivity contribution in [3.05, 3.63) is 46.5 Å². The molecule has 0 saturated carbocycles. The average Bonchev–Trinajstić information content (AvgIpc) is 2.99. The van der Waals surface area contributed by atoms with Crippen molar-refractivity contribution in [2.24, 2.45) is 4.99 Å². The summed E-state index contributed by atoms with van der Waals surface area (Å²) in [5.74, 6) is 2.89. The Balaban J connectivity index is 1.61. The predicted molar refractivity (Wildman–Crippen MR) is 96.1 cm³/mol. The summed E-state index contributed by atoms with van der Waals surface area (Å²) in [6.45, 7) is 2.37. The van der Waals surface area contributed by atoms with Gasteiger partial charge in [-0.15, -0.1) is 10.2 Å². The van der Waals surface area contributed by atoms with Gasteiger partial charge in [0.2, 0.25) is 0 Å². The highest BCUT2D eigenvalue weighted by molar-refractivity contribution is 6.30. The van der Waals surface area contributed by atoms with Crippen LogP contribution in [0, 0.1) is 0 Å². The minimum absolute atomic E-state index is 0.625. The largest absolute Gasteiger partial charge is 0.349 e. The van der Waals surface area contributed by atoms with Gasteiger partial charge >= 0.3 is 0 Å². The lowest BCUT2D eigenvalue weighted by Gasteiger charge is -2.22. The summed E-state index contributed by atoms with van der Waals surface area (Å²) >= 11 is 6.06. The lowest BCUT2D eigenvalue weighted by molar-refractivity contribution is 0.468. The van der Waals surface area contributed by atoms with Crippen molar-refractivity contribution in [2.45, 2.75) is 38.9 Å². The second kappa shape index (κ2) is 7.66. The number of hydrogen-bond donors (Lipinski definition) is 1. The number of benzene rings is 1. The van der Waals surface area contributed by atoms with Gasteiger partial charge in [0, 0.05) is 38.6 Å². The van der Waals surface area contributed by atoms with E-state index in [0.717, 1.165) is 47.7 Å². The fourth-order valence-corrected chi connectivity index (χ4v) is 3.24. The lowest BCUT2D eigenvalue weighted by Crippen LogP contribution is -2.38. The molecule has 1 aliphatic heterocycles. The Morgan fingerprint density at radius 2 is 2.25 bits per heavy atom. The molecule has 7 heteroatoms. The molecule has 2 heterocycles. The van der Waals surface area contributed by atoms with Gasteiger partial charge in [0.1, 0.15) is 5.82 Å². The lowest BCUT2D eigenvalue weighted by atomic mass is 10.2. The van der Waals surface area contributed by atoms with Crippen LogP contribution in [0.15, 0.2) is 29.3 Å². The van der Waals surface area contributed by atoms with Gasteiger partial charge in [-0.05, 0) is 30.5 Å². The zero-order chi connectivity index (χ0) is 16.9. The summed E-state index contributed by atoms with van der Waals surface area (Å²) in [7, 11) is 3.80. The molecule has 0 unspecified atom stereocenters. The van der Waals surface area contributed by atoms with Gasteiger partial charge in [-0.25, -0.2) is 0 Å². The Kier molecular flexibility index (Phi) is 5.35. The van der Waals surface area contributed by atoms with Crippen molar-refractivity contribution in [1.82, 2.24) is 25.0 Å². The molecule has 0 saturated heterocycles. The summed E-state index contributed by atoms with van der Waals surface area (Å²) in [6, 6.07) is 7.88. The van der Waals surface area contributed by atoms with Crippen molar-refractivity contribution in [2.75, 3.05) is 14.1 Å². The highest BCUT2D eigenvalue weighted by Crippen LogP contribution is 2.14. The fraction of sp³-hybridized carbons (Fsp3) is 0.471. The van der Waals surface area contributed by atoms with Crippen LogP contribution in [0.2, 0.25) is 5.02 Å². The number of hydrogen-bond acceptors (Lipinski definition) is 3. The molecule has 1 N–H and O–H groups in total. The van der Waals surface area contributed by atoms with E-state index >= 15 is 0 Å². The summed E-state index contributed by atoms with van der Waals surface area (Å²) < 4.78 is 2.22. The molecular formula is C17H23ClN6. The number of nitrogens with one attached hydrogen (secondary N) is 1. The number of rotatable bonds is 4. The van der Waals surface area contributed by atoms with Gasteiger partial charge in [0.25, 0.3) is 0 Å². The maximum atomic E-state index is 6.06. The van der Waals surface area contributed by atoms with Crippen LogP contribution >= 0.6 is 11.6 Å². The molecule has 128 valence electrons. The molecule has 1 aromatic heterocycles. The van der Waals surface area contributed by atoms with Crippen molar-refractivity contribution >= 4 is 17.6 Å². The van der Waals surface area contributed by atoms with E-state index in [1.54, 1.807) is 7.05 Å². The number of aromatic nitrogens is 3. The zero-order valence-electron chi connectivity index (χ0n) is 14.2. The minimum atomic E-state index is 0.625. The van der Waals surface area contributed by atoms with Crippen LogP contribution in [-0.4, -0.2) is 39.7 Å². The van der Waals surface area contributed by atoms with E-state index < -0.39 is 0 Å². The fourth-order valence-electron chi connectivity index (χ4n) is 3.03. The molecule has 1 aliphatic rings. The first-order valence-corrected chi connectivity index (χ1v) is 8.62. The van der Waals surface area contributed by atoms with Crippen LogP contribution in [-0.2, 0) is 26.1 Å². The van der Waals surface area contributed by atoms with E-state index in [1.807, 2.05) is 25.2 Å². The number of aliphatic imine (C=N–C) groups is 1. The van der Waals surface area contributed by atoms with Crippen LogP contribution in [0.25, 0.3) is 0 Å². The summed E-state index contributed by atoms with van der Waals surface area (Å²) in [5.41, 5.74) is 1.15. The molecule has 0 aliphatic carbocycles. The third-order valence-electron chi connectivity index (χ3n) is 4.22. The molecular weight excluding hydrogens is 324 g/mol. The van der Waals surface area contributed by atoms with Gasteiger partial charge < -0.3 is 14.8 Å². The van der Waals surface area contributed by atoms with E-state index in [4.69, 9.17) is 11.6 Å². The van der Waals surface area contributed by atoms with Crippen LogP contribution in [0.1, 0.15) is 30.1 Å². The van der Waals surface area contributed by atoms with E-state index in [0.29, 0.717) is 6.54 Å². The van der Waals surface area contributed by atoms with Crippen LogP contribution in [0.3, 0.4) is 0 Å². The number of aryl methyl sites for hydroxylation is 1. The van der Waals surface area contributed by atoms with Crippen molar-refractivity contribution < 1.29 is 0 Å². The smallest absolute Gasteiger partial charge is 0.194 e. The first-order valence-electron chi connectivity index (χ1n) is 8.24. The summed E-state index contributed by atoms with van der Waals surface area (Å²) in [5, 5.41) is 12.7. The van der Waals surface area contributed by atoms with Gasteiger partial charge in [-0.3, -0.25) is 4.99 Å². The molecule has 3 rings (SSSR count). The Labute approximate surface area is 147 Å². The van der Waals surface area contributed by atoms with E-state index in [2.05, 4.69) is 36.0 Å². The normalized spacial score (nSPS) is 14.4. The van der Waals surface area contributed by atoms with Gasteiger partial charge in [-0.1, -0.05) is 23.7 Å². The van der Waals surface area contributed by atoms with Crippen LogP contribution in [0.4, 0.5) is 0 Å². The zero-order valence-corrected chi connectivity index (χ0v) is 14.9. The molecule has 0 radical (unpaired) electrons. The third-order valence-corrected chi connectivity index (χ3v) is 4.46. The first kappa shape index (κ1) is 16.8. The van der Waals surface area contributed by atoms with Crippen molar-refractivity contribution in [3.63, 3.8) is 0 Å².